The fourth-order valence-corrected chi connectivity index (χ4v) is 2.32. The monoisotopic (exact) mass is 314 g/mol. The van der Waals surface area contributed by atoms with Gasteiger partial charge in [-0.25, -0.2) is 0 Å². The van der Waals surface area contributed by atoms with E-state index in [9.17, 15) is 5.11 Å². The van der Waals surface area contributed by atoms with Crippen LogP contribution in [0.15, 0.2) is 22.7 Å². The second-order valence-electron chi connectivity index (χ2n) is 4.55. The number of ether oxygens (including phenoxy) is 1. The Labute approximate surface area is 118 Å². The lowest BCUT2D eigenvalue weighted by Crippen LogP contribution is -2.00. The molecular formula is C15H23BrO2. The largest absolute Gasteiger partial charge is 0.492 e. The predicted molar refractivity (Wildman–Crippen MR) is 79.0 cm³/mol. The average Bonchev–Trinajstić information content (AvgIpc) is 2.37. The summed E-state index contributed by atoms with van der Waals surface area (Å²) in [5.74, 6) is 0.848. The maximum Gasteiger partial charge on any atom is 0.133 e. The first kappa shape index (κ1) is 15.5. The fraction of sp³-hybridized carbons (Fsp3) is 0.600. The van der Waals surface area contributed by atoms with Crippen molar-refractivity contribution in [2.45, 2.75) is 52.1 Å². The molecule has 0 aliphatic carbocycles. The van der Waals surface area contributed by atoms with E-state index in [0.29, 0.717) is 0 Å². The van der Waals surface area contributed by atoms with Crippen molar-refractivity contribution >= 4 is 15.9 Å². The minimum Gasteiger partial charge on any atom is -0.492 e. The molecule has 102 valence electrons. The van der Waals surface area contributed by atoms with Gasteiger partial charge in [0.05, 0.1) is 17.2 Å². The number of aliphatic hydroxyl groups excluding tert-OH is 1. The van der Waals surface area contributed by atoms with Crippen LogP contribution in [0.2, 0.25) is 0 Å². The number of halogens is 1. The van der Waals surface area contributed by atoms with Crippen LogP contribution < -0.4 is 4.74 Å². The smallest absolute Gasteiger partial charge is 0.133 e. The molecule has 1 aromatic rings. The number of benzene rings is 1. The van der Waals surface area contributed by atoms with Crippen LogP contribution >= 0.6 is 15.9 Å². The molecule has 0 aliphatic rings. The molecule has 0 heterocycles. The van der Waals surface area contributed by atoms with Crippen LogP contribution in [0.25, 0.3) is 0 Å². The first-order chi connectivity index (χ1) is 8.69. The molecular weight excluding hydrogens is 292 g/mol. The van der Waals surface area contributed by atoms with Gasteiger partial charge in [-0.15, -0.1) is 0 Å². The van der Waals surface area contributed by atoms with Gasteiger partial charge in [0.25, 0.3) is 0 Å². The maximum absolute atomic E-state index is 10.1. The highest BCUT2D eigenvalue weighted by Crippen LogP contribution is 2.30. The minimum atomic E-state index is -0.368. The number of aliphatic hydroxyl groups is 1. The van der Waals surface area contributed by atoms with Gasteiger partial charge in [-0.1, -0.05) is 39.2 Å². The van der Waals surface area contributed by atoms with E-state index in [1.165, 1.54) is 12.8 Å². The summed E-state index contributed by atoms with van der Waals surface area (Å²) in [6.45, 7) is 4.97. The second-order valence-corrected chi connectivity index (χ2v) is 5.40. The van der Waals surface area contributed by atoms with Crippen LogP contribution in [0.1, 0.15) is 57.6 Å². The Morgan fingerprint density at radius 1 is 1.22 bits per heavy atom. The van der Waals surface area contributed by atoms with Crippen LogP contribution in [0.5, 0.6) is 5.75 Å². The zero-order chi connectivity index (χ0) is 13.4. The van der Waals surface area contributed by atoms with Crippen LogP contribution in [0.3, 0.4) is 0 Å². The van der Waals surface area contributed by atoms with E-state index in [4.69, 9.17) is 4.74 Å². The molecule has 1 aromatic carbocycles. The van der Waals surface area contributed by atoms with Gasteiger partial charge in [0.15, 0.2) is 0 Å². The molecule has 18 heavy (non-hydrogen) atoms. The zero-order valence-electron chi connectivity index (χ0n) is 11.3. The van der Waals surface area contributed by atoms with Gasteiger partial charge < -0.3 is 9.84 Å². The van der Waals surface area contributed by atoms with E-state index in [0.717, 1.165) is 41.7 Å². The molecule has 2 nitrogen and oxygen atoms in total. The van der Waals surface area contributed by atoms with E-state index in [1.807, 2.05) is 18.2 Å². The van der Waals surface area contributed by atoms with Crippen molar-refractivity contribution in [2.24, 2.45) is 0 Å². The van der Waals surface area contributed by atoms with Gasteiger partial charge in [0.1, 0.15) is 5.75 Å². The summed E-state index contributed by atoms with van der Waals surface area (Å²) in [6, 6.07) is 5.84. The van der Waals surface area contributed by atoms with E-state index in [2.05, 4.69) is 29.8 Å². The van der Waals surface area contributed by atoms with E-state index in [-0.39, 0.29) is 6.10 Å². The Bertz CT molecular complexity index is 352. The molecule has 1 unspecified atom stereocenters. The van der Waals surface area contributed by atoms with Crippen molar-refractivity contribution in [2.75, 3.05) is 6.61 Å². The van der Waals surface area contributed by atoms with Gasteiger partial charge >= 0.3 is 0 Å². The standard InChI is InChI=1S/C15H23BrO2/c1-3-5-6-7-14(17)12-8-9-15(13(16)11-12)18-10-4-2/h8-9,11,14,17H,3-7,10H2,1-2H3. The zero-order valence-corrected chi connectivity index (χ0v) is 12.9. The molecule has 0 radical (unpaired) electrons. The summed E-state index contributed by atoms with van der Waals surface area (Å²) < 4.78 is 6.51. The van der Waals surface area contributed by atoms with Gasteiger partial charge in [0.2, 0.25) is 0 Å². The molecule has 0 fully saturated rings. The molecule has 0 saturated heterocycles. The highest BCUT2D eigenvalue weighted by atomic mass is 79.9. The van der Waals surface area contributed by atoms with Crippen molar-refractivity contribution in [1.82, 2.24) is 0 Å². The minimum absolute atomic E-state index is 0.368. The normalized spacial score (nSPS) is 12.4. The SMILES string of the molecule is CCCCCC(O)c1ccc(OCCC)c(Br)c1. The van der Waals surface area contributed by atoms with Crippen LogP contribution in [0, 0.1) is 0 Å². The van der Waals surface area contributed by atoms with Gasteiger partial charge in [-0.2, -0.15) is 0 Å². The lowest BCUT2D eigenvalue weighted by Gasteiger charge is -2.13. The van der Waals surface area contributed by atoms with Crippen molar-refractivity contribution < 1.29 is 9.84 Å². The summed E-state index contributed by atoms with van der Waals surface area (Å²) >= 11 is 3.49. The Hall–Kier alpha value is -0.540. The molecule has 0 bridgehead atoms. The first-order valence-corrected chi connectivity index (χ1v) is 7.58. The molecule has 3 heteroatoms. The highest BCUT2D eigenvalue weighted by Gasteiger charge is 2.10. The number of rotatable bonds is 8. The van der Waals surface area contributed by atoms with Crippen LogP contribution in [-0.2, 0) is 0 Å². The third-order valence-corrected chi connectivity index (χ3v) is 3.50. The second kappa shape index (κ2) is 8.54. The third-order valence-electron chi connectivity index (χ3n) is 2.88. The molecule has 1 N–H and O–H groups in total. The Morgan fingerprint density at radius 2 is 2.00 bits per heavy atom. The van der Waals surface area contributed by atoms with Crippen molar-refractivity contribution in [3.63, 3.8) is 0 Å². The van der Waals surface area contributed by atoms with Gasteiger partial charge in [-0.05, 0) is 46.5 Å². The average molecular weight is 315 g/mol. The van der Waals surface area contributed by atoms with E-state index >= 15 is 0 Å². The molecule has 1 rings (SSSR count). The summed E-state index contributed by atoms with van der Waals surface area (Å²) in [5.41, 5.74) is 0.960. The predicted octanol–water partition coefficient (Wildman–Crippen LogP) is 4.85. The van der Waals surface area contributed by atoms with Crippen molar-refractivity contribution in [3.8, 4) is 5.75 Å². The summed E-state index contributed by atoms with van der Waals surface area (Å²) in [4.78, 5) is 0. The molecule has 0 saturated carbocycles. The molecule has 1 atom stereocenters. The summed E-state index contributed by atoms with van der Waals surface area (Å²) in [7, 11) is 0. The van der Waals surface area contributed by atoms with Gasteiger partial charge in [-0.3, -0.25) is 0 Å². The lowest BCUT2D eigenvalue weighted by molar-refractivity contribution is 0.163. The first-order valence-electron chi connectivity index (χ1n) is 6.79. The van der Waals surface area contributed by atoms with E-state index < -0.39 is 0 Å². The maximum atomic E-state index is 10.1. The molecule has 0 aromatic heterocycles. The van der Waals surface area contributed by atoms with Crippen LogP contribution in [0.4, 0.5) is 0 Å². The molecule has 0 spiro atoms. The van der Waals surface area contributed by atoms with E-state index in [1.54, 1.807) is 0 Å². The Balaban J connectivity index is 2.59. The number of unbranched alkanes of at least 4 members (excludes halogenated alkanes) is 2. The van der Waals surface area contributed by atoms with Gasteiger partial charge in [0, 0.05) is 0 Å². The summed E-state index contributed by atoms with van der Waals surface area (Å²) in [6.07, 6.45) is 4.89. The third kappa shape index (κ3) is 4.99. The highest BCUT2D eigenvalue weighted by molar-refractivity contribution is 9.10. The lowest BCUT2D eigenvalue weighted by atomic mass is 10.0. The fourth-order valence-electron chi connectivity index (χ4n) is 1.81. The van der Waals surface area contributed by atoms with Crippen LogP contribution in [-0.4, -0.2) is 11.7 Å². The van der Waals surface area contributed by atoms with Crippen molar-refractivity contribution in [1.29, 1.82) is 0 Å². The number of hydrogen-bond acceptors (Lipinski definition) is 2. The Morgan fingerprint density at radius 3 is 2.61 bits per heavy atom. The number of hydrogen-bond donors (Lipinski definition) is 1. The molecule has 0 aliphatic heterocycles. The summed E-state index contributed by atoms with van der Waals surface area (Å²) in [5, 5.41) is 10.1. The Kier molecular flexibility index (Phi) is 7.36. The topological polar surface area (TPSA) is 29.5 Å². The van der Waals surface area contributed by atoms with Crippen molar-refractivity contribution in [3.05, 3.63) is 28.2 Å². The quantitative estimate of drug-likeness (QED) is 0.695. The molecule has 0 amide bonds.